The van der Waals surface area contributed by atoms with Gasteiger partial charge in [0, 0.05) is 29.9 Å². The Bertz CT molecular complexity index is 552. The maximum atomic E-state index is 13.7. The molecule has 0 aliphatic rings. The zero-order chi connectivity index (χ0) is 15.2. The smallest absolute Gasteiger partial charge is 0.243 e. The fourth-order valence-electron chi connectivity index (χ4n) is 1.46. The topological polar surface area (TPSA) is 81.4 Å². The molecule has 0 spiro atoms. The number of anilines is 1. The van der Waals surface area contributed by atoms with Gasteiger partial charge >= 0.3 is 0 Å². The molecule has 0 saturated heterocycles. The van der Waals surface area contributed by atoms with Gasteiger partial charge in [0.15, 0.2) is 0 Å². The minimum atomic E-state index is -3.90. The van der Waals surface area contributed by atoms with Gasteiger partial charge in [-0.25, -0.2) is 17.5 Å². The van der Waals surface area contributed by atoms with Crippen LogP contribution >= 0.6 is 15.9 Å². The average molecular weight is 369 g/mol. The third kappa shape index (κ3) is 5.01. The van der Waals surface area contributed by atoms with Crippen LogP contribution in [0.1, 0.15) is 19.8 Å². The molecule has 3 N–H and O–H groups in total. The van der Waals surface area contributed by atoms with Crippen LogP contribution < -0.4 is 10.5 Å². The number of benzene rings is 1. The van der Waals surface area contributed by atoms with Crippen molar-refractivity contribution in [3.8, 4) is 0 Å². The van der Waals surface area contributed by atoms with Crippen LogP contribution in [-0.4, -0.2) is 28.2 Å². The first-order valence-corrected chi connectivity index (χ1v) is 8.48. The summed E-state index contributed by atoms with van der Waals surface area (Å²) in [6.07, 6.45) is 1.43. The fraction of sp³-hybridized carbons (Fsp3) is 0.500. The lowest BCUT2D eigenvalue weighted by molar-refractivity contribution is 0.133. The second-order valence-corrected chi connectivity index (χ2v) is 6.76. The van der Waals surface area contributed by atoms with E-state index in [1.54, 1.807) is 0 Å². The molecule has 0 heterocycles. The van der Waals surface area contributed by atoms with Gasteiger partial charge < -0.3 is 10.5 Å². The Labute approximate surface area is 126 Å². The van der Waals surface area contributed by atoms with Crippen molar-refractivity contribution in [2.24, 2.45) is 0 Å². The Hall–Kier alpha value is -0.700. The number of nitrogens with one attached hydrogen (secondary N) is 1. The molecule has 20 heavy (non-hydrogen) atoms. The van der Waals surface area contributed by atoms with Crippen molar-refractivity contribution in [2.45, 2.75) is 24.7 Å². The van der Waals surface area contributed by atoms with Gasteiger partial charge in [0.05, 0.1) is 0 Å². The summed E-state index contributed by atoms with van der Waals surface area (Å²) in [6.45, 7) is 3.27. The van der Waals surface area contributed by atoms with Gasteiger partial charge in [0.1, 0.15) is 10.7 Å². The van der Waals surface area contributed by atoms with Crippen molar-refractivity contribution < 1.29 is 17.5 Å². The van der Waals surface area contributed by atoms with Gasteiger partial charge in [-0.15, -0.1) is 0 Å². The van der Waals surface area contributed by atoms with Crippen molar-refractivity contribution in [1.82, 2.24) is 4.72 Å². The largest absolute Gasteiger partial charge is 0.398 e. The summed E-state index contributed by atoms with van der Waals surface area (Å²) >= 11 is 3.04. The molecule has 114 valence electrons. The molecule has 1 aromatic carbocycles. The van der Waals surface area contributed by atoms with Crippen LogP contribution in [0, 0.1) is 5.82 Å². The molecular weight excluding hydrogens is 351 g/mol. The predicted octanol–water partition coefficient (Wildman–Crippen LogP) is 2.27. The van der Waals surface area contributed by atoms with Crippen molar-refractivity contribution in [2.75, 3.05) is 25.5 Å². The first-order chi connectivity index (χ1) is 9.38. The third-order valence-corrected chi connectivity index (χ3v) is 4.61. The van der Waals surface area contributed by atoms with Gasteiger partial charge in [-0.3, -0.25) is 0 Å². The highest BCUT2D eigenvalue weighted by Crippen LogP contribution is 2.25. The standard InChI is InChI=1S/C12H18BrFN2O3S/c1-2-5-19-6-3-4-16-20(17,18)12-8-11(15)9(13)7-10(12)14/h7-8,16H,2-6,15H2,1H3. The molecule has 0 aromatic heterocycles. The van der Waals surface area contributed by atoms with Crippen LogP contribution in [0.3, 0.4) is 0 Å². The summed E-state index contributed by atoms with van der Waals surface area (Å²) in [4.78, 5) is -0.451. The van der Waals surface area contributed by atoms with Gasteiger partial charge in [-0.05, 0) is 40.9 Å². The molecule has 0 aliphatic heterocycles. The Balaban J connectivity index is 2.63. The molecule has 0 radical (unpaired) electrons. The maximum Gasteiger partial charge on any atom is 0.243 e. The van der Waals surface area contributed by atoms with E-state index in [4.69, 9.17) is 10.5 Å². The van der Waals surface area contributed by atoms with E-state index in [-0.39, 0.29) is 12.2 Å². The highest BCUT2D eigenvalue weighted by Gasteiger charge is 2.20. The number of nitrogens with two attached hydrogens (primary N) is 1. The first-order valence-electron chi connectivity index (χ1n) is 6.20. The molecule has 0 unspecified atom stereocenters. The number of ether oxygens (including phenoxy) is 1. The van der Waals surface area contributed by atoms with Crippen molar-refractivity contribution in [3.63, 3.8) is 0 Å². The number of rotatable bonds is 8. The van der Waals surface area contributed by atoms with Crippen molar-refractivity contribution in [1.29, 1.82) is 0 Å². The zero-order valence-corrected chi connectivity index (χ0v) is 13.6. The van der Waals surface area contributed by atoms with E-state index in [2.05, 4.69) is 20.7 Å². The van der Waals surface area contributed by atoms with Gasteiger partial charge in [0.2, 0.25) is 10.0 Å². The minimum Gasteiger partial charge on any atom is -0.398 e. The summed E-state index contributed by atoms with van der Waals surface area (Å²) in [5.74, 6) is -0.846. The highest BCUT2D eigenvalue weighted by atomic mass is 79.9. The van der Waals surface area contributed by atoms with E-state index >= 15 is 0 Å². The van der Waals surface area contributed by atoms with Gasteiger partial charge in [-0.2, -0.15) is 0 Å². The third-order valence-electron chi connectivity index (χ3n) is 2.45. The van der Waals surface area contributed by atoms with E-state index in [9.17, 15) is 12.8 Å². The highest BCUT2D eigenvalue weighted by molar-refractivity contribution is 9.10. The van der Waals surface area contributed by atoms with Crippen LogP contribution in [0.15, 0.2) is 21.5 Å². The number of nitrogen functional groups attached to an aromatic ring is 1. The number of hydrogen-bond donors (Lipinski definition) is 2. The second-order valence-electron chi connectivity index (χ2n) is 4.17. The normalized spacial score (nSPS) is 11.8. The van der Waals surface area contributed by atoms with E-state index in [1.807, 2.05) is 6.92 Å². The molecule has 0 amide bonds. The first kappa shape index (κ1) is 17.4. The lowest BCUT2D eigenvalue weighted by Gasteiger charge is -2.09. The Morgan fingerprint density at radius 1 is 1.40 bits per heavy atom. The minimum absolute atomic E-state index is 0.165. The molecular formula is C12H18BrFN2O3S. The maximum absolute atomic E-state index is 13.7. The summed E-state index contributed by atoms with van der Waals surface area (Å²) in [6, 6.07) is 2.13. The molecule has 1 aromatic rings. The molecule has 1 rings (SSSR count). The Kier molecular flexibility index (Phi) is 6.87. The second kappa shape index (κ2) is 7.92. The fourth-order valence-corrected chi connectivity index (χ4v) is 2.94. The molecule has 0 fully saturated rings. The molecule has 0 atom stereocenters. The SMILES string of the molecule is CCCOCCCNS(=O)(=O)c1cc(N)c(Br)cc1F. The Morgan fingerprint density at radius 3 is 2.75 bits per heavy atom. The lowest BCUT2D eigenvalue weighted by atomic mass is 10.3. The van der Waals surface area contributed by atoms with E-state index in [1.165, 1.54) is 0 Å². The summed E-state index contributed by atoms with van der Waals surface area (Å²) in [7, 11) is -3.90. The van der Waals surface area contributed by atoms with Crippen LogP contribution in [0.25, 0.3) is 0 Å². The lowest BCUT2D eigenvalue weighted by Crippen LogP contribution is -2.26. The van der Waals surface area contributed by atoms with Crippen LogP contribution in [0.2, 0.25) is 0 Å². The van der Waals surface area contributed by atoms with E-state index in [0.29, 0.717) is 24.1 Å². The molecule has 5 nitrogen and oxygen atoms in total. The summed E-state index contributed by atoms with van der Waals surface area (Å²) in [5, 5.41) is 0. The van der Waals surface area contributed by atoms with Crippen LogP contribution in [0.5, 0.6) is 0 Å². The van der Waals surface area contributed by atoms with Crippen molar-refractivity contribution in [3.05, 3.63) is 22.4 Å². The van der Waals surface area contributed by atoms with Crippen LogP contribution in [-0.2, 0) is 14.8 Å². The van der Waals surface area contributed by atoms with E-state index in [0.717, 1.165) is 18.6 Å². The van der Waals surface area contributed by atoms with Gasteiger partial charge in [0.25, 0.3) is 0 Å². The monoisotopic (exact) mass is 368 g/mol. The Morgan fingerprint density at radius 2 is 2.10 bits per heavy atom. The van der Waals surface area contributed by atoms with Crippen LogP contribution in [0.4, 0.5) is 10.1 Å². The average Bonchev–Trinajstić information content (AvgIpc) is 2.37. The van der Waals surface area contributed by atoms with E-state index < -0.39 is 20.7 Å². The number of sulfonamides is 1. The summed E-state index contributed by atoms with van der Waals surface area (Å²) in [5.41, 5.74) is 5.73. The van der Waals surface area contributed by atoms with Gasteiger partial charge in [-0.1, -0.05) is 6.92 Å². The quantitative estimate of drug-likeness (QED) is 0.544. The number of hydrogen-bond acceptors (Lipinski definition) is 4. The molecule has 0 bridgehead atoms. The summed E-state index contributed by atoms with van der Waals surface area (Å²) < 4.78 is 45.4. The molecule has 0 saturated carbocycles. The zero-order valence-electron chi connectivity index (χ0n) is 11.2. The number of halogens is 2. The predicted molar refractivity (Wildman–Crippen MR) is 79.4 cm³/mol. The molecule has 0 aliphatic carbocycles. The van der Waals surface area contributed by atoms with Crippen molar-refractivity contribution >= 4 is 31.6 Å². The molecule has 8 heteroatoms.